The summed E-state index contributed by atoms with van der Waals surface area (Å²) in [5, 5.41) is 13.0. The third kappa shape index (κ3) is 4.13. The van der Waals surface area contributed by atoms with Crippen molar-refractivity contribution < 1.29 is 14.1 Å². The van der Waals surface area contributed by atoms with Gasteiger partial charge in [-0.2, -0.15) is 0 Å². The number of anilines is 1. The Hall–Kier alpha value is -2.73. The fourth-order valence-corrected chi connectivity index (χ4v) is 1.75. The fraction of sp³-hybridized carbons (Fsp3) is 0. The van der Waals surface area contributed by atoms with E-state index in [0.717, 1.165) is 6.07 Å². The molecule has 0 spiro atoms. The normalized spacial score (nSPS) is 10.6. The summed E-state index contributed by atoms with van der Waals surface area (Å²) in [5.41, 5.74) is 0.876. The lowest BCUT2D eigenvalue weighted by Crippen LogP contribution is -2.07. The van der Waals surface area contributed by atoms with Gasteiger partial charge in [0.25, 0.3) is 5.69 Å². The highest BCUT2D eigenvalue weighted by molar-refractivity contribution is 6.30. The van der Waals surface area contributed by atoms with Crippen LogP contribution in [0.3, 0.4) is 0 Å². The van der Waals surface area contributed by atoms with Crippen molar-refractivity contribution in [3.8, 4) is 0 Å². The van der Waals surface area contributed by atoms with E-state index in [0.29, 0.717) is 5.56 Å². The zero-order valence-corrected chi connectivity index (χ0v) is 11.9. The van der Waals surface area contributed by atoms with Crippen molar-refractivity contribution in [2.24, 2.45) is 0 Å². The topological polar surface area (TPSA) is 72.2 Å². The molecule has 7 heteroatoms. The zero-order valence-electron chi connectivity index (χ0n) is 11.1. The molecule has 0 atom stereocenters. The SMILES string of the molecule is O=C(/C=C/c1ccc([N+](=O)[O-])cc1)Nc1ccc(Cl)c(F)c1. The lowest BCUT2D eigenvalue weighted by atomic mass is 10.2. The maximum Gasteiger partial charge on any atom is 0.269 e. The number of nitrogens with one attached hydrogen (secondary N) is 1. The number of nitro benzene ring substituents is 1. The molecule has 0 aliphatic carbocycles. The van der Waals surface area contributed by atoms with Gasteiger partial charge in [0, 0.05) is 23.9 Å². The summed E-state index contributed by atoms with van der Waals surface area (Å²) in [4.78, 5) is 21.7. The highest BCUT2D eigenvalue weighted by atomic mass is 35.5. The first-order valence-electron chi connectivity index (χ1n) is 6.14. The molecule has 2 rings (SSSR count). The molecule has 0 saturated carbocycles. The number of carbonyl (C=O) groups is 1. The average Bonchev–Trinajstić information content (AvgIpc) is 2.49. The minimum atomic E-state index is -0.626. The van der Waals surface area contributed by atoms with Gasteiger partial charge < -0.3 is 5.32 Å². The van der Waals surface area contributed by atoms with Crippen LogP contribution in [0.5, 0.6) is 0 Å². The Balaban J connectivity index is 2.01. The van der Waals surface area contributed by atoms with Gasteiger partial charge in [0.15, 0.2) is 0 Å². The Bertz CT molecular complexity index is 745. The number of benzene rings is 2. The monoisotopic (exact) mass is 320 g/mol. The summed E-state index contributed by atoms with van der Waals surface area (Å²) in [6, 6.07) is 9.64. The van der Waals surface area contributed by atoms with Crippen molar-refractivity contribution in [2.75, 3.05) is 5.32 Å². The van der Waals surface area contributed by atoms with Crippen LogP contribution in [0.2, 0.25) is 5.02 Å². The molecule has 0 saturated heterocycles. The van der Waals surface area contributed by atoms with E-state index in [9.17, 15) is 19.3 Å². The van der Waals surface area contributed by atoms with Crippen LogP contribution in [-0.4, -0.2) is 10.8 Å². The van der Waals surface area contributed by atoms with Crippen LogP contribution in [0.4, 0.5) is 15.8 Å². The maximum absolute atomic E-state index is 13.2. The van der Waals surface area contributed by atoms with E-state index in [1.807, 2.05) is 0 Å². The van der Waals surface area contributed by atoms with E-state index in [4.69, 9.17) is 11.6 Å². The van der Waals surface area contributed by atoms with Crippen molar-refractivity contribution >= 4 is 35.0 Å². The van der Waals surface area contributed by atoms with Crippen LogP contribution in [0.15, 0.2) is 48.5 Å². The van der Waals surface area contributed by atoms with Gasteiger partial charge in [0.1, 0.15) is 5.82 Å². The third-order valence-corrected chi connectivity index (χ3v) is 3.02. The molecule has 2 aromatic rings. The molecule has 0 aliphatic heterocycles. The first kappa shape index (κ1) is 15.7. The van der Waals surface area contributed by atoms with Crippen molar-refractivity contribution in [3.05, 3.63) is 75.1 Å². The largest absolute Gasteiger partial charge is 0.322 e. The third-order valence-electron chi connectivity index (χ3n) is 2.72. The molecule has 5 nitrogen and oxygen atoms in total. The summed E-state index contributed by atoms with van der Waals surface area (Å²) >= 11 is 5.54. The molecular weight excluding hydrogens is 311 g/mol. The molecule has 0 radical (unpaired) electrons. The number of nitro groups is 1. The predicted octanol–water partition coefficient (Wildman–Crippen LogP) is 4.04. The highest BCUT2D eigenvalue weighted by Gasteiger charge is 2.04. The molecule has 0 heterocycles. The number of carbonyl (C=O) groups excluding carboxylic acids is 1. The smallest absolute Gasteiger partial charge is 0.269 e. The average molecular weight is 321 g/mol. The summed E-state index contributed by atoms with van der Waals surface area (Å²) in [7, 11) is 0. The second kappa shape index (κ2) is 6.82. The van der Waals surface area contributed by atoms with Crippen LogP contribution in [0.25, 0.3) is 6.08 Å². The second-order valence-electron chi connectivity index (χ2n) is 4.30. The first-order chi connectivity index (χ1) is 10.5. The van der Waals surface area contributed by atoms with Gasteiger partial charge in [0.2, 0.25) is 5.91 Å². The minimum Gasteiger partial charge on any atom is -0.322 e. The molecular formula is C15H10ClFN2O3. The summed E-state index contributed by atoms with van der Waals surface area (Å²) < 4.78 is 13.2. The molecule has 22 heavy (non-hydrogen) atoms. The number of hydrogen-bond acceptors (Lipinski definition) is 3. The second-order valence-corrected chi connectivity index (χ2v) is 4.71. The van der Waals surface area contributed by atoms with Crippen molar-refractivity contribution in [1.29, 1.82) is 0 Å². The molecule has 1 amide bonds. The van der Waals surface area contributed by atoms with E-state index >= 15 is 0 Å². The standard InChI is InChI=1S/C15H10ClFN2O3/c16-13-7-4-11(9-14(13)17)18-15(20)8-3-10-1-5-12(6-2-10)19(21)22/h1-9H,(H,18,20)/b8-3+. The van der Waals surface area contributed by atoms with Crippen molar-refractivity contribution in [3.63, 3.8) is 0 Å². The Morgan fingerprint density at radius 2 is 1.91 bits per heavy atom. The molecule has 0 aromatic heterocycles. The Labute approximate surface area is 130 Å². The number of non-ortho nitro benzene ring substituents is 1. The van der Waals surface area contributed by atoms with Gasteiger partial charge in [-0.05, 0) is 42.0 Å². The Morgan fingerprint density at radius 3 is 2.50 bits per heavy atom. The maximum atomic E-state index is 13.2. The van der Waals surface area contributed by atoms with E-state index in [1.54, 1.807) is 0 Å². The highest BCUT2D eigenvalue weighted by Crippen LogP contribution is 2.18. The zero-order chi connectivity index (χ0) is 16.1. The van der Waals surface area contributed by atoms with Gasteiger partial charge in [-0.1, -0.05) is 11.6 Å². The van der Waals surface area contributed by atoms with Gasteiger partial charge in [-0.3, -0.25) is 14.9 Å². The first-order valence-corrected chi connectivity index (χ1v) is 6.52. The number of nitrogens with zero attached hydrogens (tertiary/aromatic N) is 1. The fourth-order valence-electron chi connectivity index (χ4n) is 1.64. The molecule has 0 bridgehead atoms. The van der Waals surface area contributed by atoms with Gasteiger partial charge in [-0.15, -0.1) is 0 Å². The van der Waals surface area contributed by atoms with Crippen LogP contribution in [0.1, 0.15) is 5.56 Å². The van der Waals surface area contributed by atoms with Crippen molar-refractivity contribution in [2.45, 2.75) is 0 Å². The Morgan fingerprint density at radius 1 is 1.23 bits per heavy atom. The van der Waals surface area contributed by atoms with E-state index in [-0.39, 0.29) is 16.4 Å². The van der Waals surface area contributed by atoms with E-state index in [1.165, 1.54) is 48.6 Å². The summed E-state index contributed by atoms with van der Waals surface area (Å²) in [6.07, 6.45) is 2.74. The van der Waals surface area contributed by atoms with Crippen LogP contribution < -0.4 is 5.32 Å². The van der Waals surface area contributed by atoms with Gasteiger partial charge >= 0.3 is 0 Å². The predicted molar refractivity (Wildman–Crippen MR) is 82.2 cm³/mol. The van der Waals surface area contributed by atoms with E-state index < -0.39 is 16.6 Å². The molecule has 0 aliphatic rings. The molecule has 0 fully saturated rings. The molecule has 112 valence electrons. The Kier molecular flexibility index (Phi) is 4.85. The molecule has 2 aromatic carbocycles. The lowest BCUT2D eigenvalue weighted by molar-refractivity contribution is -0.384. The summed E-state index contributed by atoms with van der Waals surface area (Å²) in [5.74, 6) is -1.08. The molecule has 1 N–H and O–H groups in total. The van der Waals surface area contributed by atoms with Gasteiger partial charge in [0.05, 0.1) is 9.95 Å². The van der Waals surface area contributed by atoms with Crippen molar-refractivity contribution in [1.82, 2.24) is 0 Å². The van der Waals surface area contributed by atoms with E-state index in [2.05, 4.69) is 5.32 Å². The van der Waals surface area contributed by atoms with Crippen LogP contribution in [0, 0.1) is 15.9 Å². The quantitative estimate of drug-likeness (QED) is 0.525. The van der Waals surface area contributed by atoms with Crippen LogP contribution in [-0.2, 0) is 4.79 Å². The number of rotatable bonds is 4. The number of amides is 1. The number of halogens is 2. The lowest BCUT2D eigenvalue weighted by Gasteiger charge is -2.02. The van der Waals surface area contributed by atoms with Crippen LogP contribution >= 0.6 is 11.6 Å². The minimum absolute atomic E-state index is 0.0283. The summed E-state index contributed by atoms with van der Waals surface area (Å²) in [6.45, 7) is 0. The number of hydrogen-bond donors (Lipinski definition) is 1. The van der Waals surface area contributed by atoms with Gasteiger partial charge in [-0.25, -0.2) is 4.39 Å². The molecule has 0 unspecified atom stereocenters.